The van der Waals surface area contributed by atoms with Crippen LogP contribution in [0.5, 0.6) is 0 Å². The number of benzene rings is 1. The van der Waals surface area contributed by atoms with Gasteiger partial charge in [-0.25, -0.2) is 4.79 Å². The lowest BCUT2D eigenvalue weighted by atomic mass is 9.79. The summed E-state index contributed by atoms with van der Waals surface area (Å²) in [6, 6.07) is 3.64. The van der Waals surface area contributed by atoms with Crippen LogP contribution < -0.4 is 4.90 Å². The van der Waals surface area contributed by atoms with Gasteiger partial charge in [-0.2, -0.15) is 0 Å². The molecule has 1 fully saturated rings. The summed E-state index contributed by atoms with van der Waals surface area (Å²) in [4.78, 5) is 41.4. The topological polar surface area (TPSA) is 60.9 Å². The highest BCUT2D eigenvalue weighted by atomic mass is 16.2. The van der Waals surface area contributed by atoms with Crippen molar-refractivity contribution in [1.82, 2.24) is 9.80 Å². The Hall–Kier alpha value is -2.63. The molecule has 0 bridgehead atoms. The van der Waals surface area contributed by atoms with E-state index >= 15 is 0 Å². The van der Waals surface area contributed by atoms with Crippen LogP contribution in [-0.2, 0) is 9.59 Å². The molecule has 0 unspecified atom stereocenters. The lowest BCUT2D eigenvalue weighted by molar-refractivity contribution is -0.134. The number of carbonyl (C=O) groups excluding carboxylic acids is 3. The minimum Gasteiger partial charge on any atom is -0.366 e. The van der Waals surface area contributed by atoms with E-state index in [9.17, 15) is 14.4 Å². The minimum absolute atomic E-state index is 0.0174. The van der Waals surface area contributed by atoms with Crippen molar-refractivity contribution in [2.45, 2.75) is 52.5 Å². The van der Waals surface area contributed by atoms with E-state index in [2.05, 4.69) is 44.7 Å². The molecule has 28 heavy (non-hydrogen) atoms. The molecule has 3 rings (SSSR count). The van der Waals surface area contributed by atoms with Gasteiger partial charge in [0.15, 0.2) is 0 Å². The fourth-order valence-corrected chi connectivity index (χ4v) is 4.54. The van der Waals surface area contributed by atoms with E-state index in [4.69, 9.17) is 0 Å². The number of urea groups is 1. The number of nitrogens with zero attached hydrogens (tertiary/aromatic N) is 3. The molecule has 2 aliphatic rings. The summed E-state index contributed by atoms with van der Waals surface area (Å²) in [6.07, 6.45) is 2.66. The second kappa shape index (κ2) is 6.76. The normalized spacial score (nSPS) is 22.0. The first kappa shape index (κ1) is 20.1. The van der Waals surface area contributed by atoms with Crippen LogP contribution in [0.15, 0.2) is 17.7 Å². The number of hydrogen-bond acceptors (Lipinski definition) is 4. The second-order valence-electron chi connectivity index (χ2n) is 8.50. The first-order valence-electron chi connectivity index (χ1n) is 9.73. The molecule has 0 saturated carbocycles. The molecule has 0 N–H and O–H groups in total. The Balaban J connectivity index is 2.12. The van der Waals surface area contributed by atoms with E-state index in [0.29, 0.717) is 5.92 Å². The minimum atomic E-state index is -0.608. The molecule has 0 radical (unpaired) electrons. The maximum absolute atomic E-state index is 12.5. The van der Waals surface area contributed by atoms with Crippen LogP contribution in [0.4, 0.5) is 10.5 Å². The molecule has 1 saturated heterocycles. The first-order valence-corrected chi connectivity index (χ1v) is 9.73. The molecule has 6 nitrogen and oxygen atoms in total. The summed E-state index contributed by atoms with van der Waals surface area (Å²) in [5.41, 5.74) is 4.38. The van der Waals surface area contributed by atoms with Crippen LogP contribution in [0.3, 0.4) is 0 Å². The van der Waals surface area contributed by atoms with Gasteiger partial charge in [-0.3, -0.25) is 19.4 Å². The molecule has 0 spiro atoms. The number of fused-ring (bicyclic) bond motifs is 1. The number of rotatable bonds is 2. The van der Waals surface area contributed by atoms with Crippen molar-refractivity contribution in [2.75, 3.05) is 25.5 Å². The average molecular weight is 383 g/mol. The predicted molar refractivity (Wildman–Crippen MR) is 110 cm³/mol. The molecule has 4 amide bonds. The maximum Gasteiger partial charge on any atom is 0.333 e. The van der Waals surface area contributed by atoms with Gasteiger partial charge in [0.25, 0.3) is 11.8 Å². The van der Waals surface area contributed by atoms with Gasteiger partial charge in [0.05, 0.1) is 0 Å². The highest BCUT2D eigenvalue weighted by molar-refractivity contribution is 6.30. The Morgan fingerprint density at radius 3 is 2.21 bits per heavy atom. The molecule has 1 atom stereocenters. The average Bonchev–Trinajstić information content (AvgIpc) is 2.62. The first-order chi connectivity index (χ1) is 13.0. The number of barbiturate groups is 1. The van der Waals surface area contributed by atoms with Crippen molar-refractivity contribution < 1.29 is 14.4 Å². The Kier molecular flexibility index (Phi) is 4.86. The number of imide groups is 2. The van der Waals surface area contributed by atoms with Gasteiger partial charge in [0.2, 0.25) is 0 Å². The van der Waals surface area contributed by atoms with Crippen molar-refractivity contribution in [3.63, 3.8) is 0 Å². The number of hydrogen-bond donors (Lipinski definition) is 0. The van der Waals surface area contributed by atoms with Crippen LogP contribution in [0.2, 0.25) is 0 Å². The summed E-state index contributed by atoms with van der Waals surface area (Å²) in [5.74, 6) is -0.751. The van der Waals surface area contributed by atoms with Gasteiger partial charge < -0.3 is 4.90 Å². The molecule has 2 aliphatic heterocycles. The summed E-state index contributed by atoms with van der Waals surface area (Å²) in [7, 11) is 2.79. The Morgan fingerprint density at radius 2 is 1.68 bits per heavy atom. The van der Waals surface area contributed by atoms with Gasteiger partial charge in [0.1, 0.15) is 5.57 Å². The molecule has 150 valence electrons. The highest BCUT2D eigenvalue weighted by Crippen LogP contribution is 2.44. The standard InChI is InChI=1S/C22H29N3O3/c1-8-25-18-9-13(2)15(10-16(18)14(3)12-22(25,4)5)11-17-19(26)23(6)21(28)24(7)20(17)27/h9-11,14H,8,12H2,1-7H3/t14-/m0/s1. The van der Waals surface area contributed by atoms with Crippen LogP contribution >= 0.6 is 0 Å². The molecular weight excluding hydrogens is 354 g/mol. The second-order valence-corrected chi connectivity index (χ2v) is 8.50. The fraction of sp³-hybridized carbons (Fsp3) is 0.500. The van der Waals surface area contributed by atoms with Crippen molar-refractivity contribution in [2.24, 2.45) is 0 Å². The Bertz CT molecular complexity index is 875. The zero-order chi connectivity index (χ0) is 21.0. The van der Waals surface area contributed by atoms with Gasteiger partial charge in [-0.15, -0.1) is 0 Å². The molecule has 1 aromatic carbocycles. The van der Waals surface area contributed by atoms with E-state index in [1.165, 1.54) is 25.3 Å². The molecular formula is C22H29N3O3. The number of amides is 4. The van der Waals surface area contributed by atoms with E-state index in [-0.39, 0.29) is 11.1 Å². The lowest BCUT2D eigenvalue weighted by Gasteiger charge is -2.47. The summed E-state index contributed by atoms with van der Waals surface area (Å²) < 4.78 is 0. The number of anilines is 1. The Morgan fingerprint density at radius 1 is 1.11 bits per heavy atom. The zero-order valence-corrected chi connectivity index (χ0v) is 17.8. The molecule has 0 aromatic heterocycles. The Labute approximate surface area is 166 Å². The lowest BCUT2D eigenvalue weighted by Crippen LogP contribution is -2.52. The quantitative estimate of drug-likeness (QED) is 0.579. The smallest absolute Gasteiger partial charge is 0.333 e. The van der Waals surface area contributed by atoms with E-state index in [0.717, 1.165) is 33.9 Å². The monoisotopic (exact) mass is 383 g/mol. The third kappa shape index (κ3) is 3.01. The van der Waals surface area contributed by atoms with Crippen LogP contribution in [0, 0.1) is 6.92 Å². The number of carbonyl (C=O) groups is 3. The van der Waals surface area contributed by atoms with Crippen molar-refractivity contribution in [3.8, 4) is 0 Å². The zero-order valence-electron chi connectivity index (χ0n) is 17.8. The van der Waals surface area contributed by atoms with Crippen LogP contribution in [-0.4, -0.2) is 53.8 Å². The molecule has 0 aliphatic carbocycles. The predicted octanol–water partition coefficient (Wildman–Crippen LogP) is 3.54. The molecule has 6 heteroatoms. The summed E-state index contributed by atoms with van der Waals surface area (Å²) in [5, 5.41) is 0. The molecule has 1 aromatic rings. The van der Waals surface area contributed by atoms with Gasteiger partial charge in [-0.1, -0.05) is 6.92 Å². The largest absolute Gasteiger partial charge is 0.366 e. The number of aryl methyl sites for hydroxylation is 1. The van der Waals surface area contributed by atoms with Gasteiger partial charge >= 0.3 is 6.03 Å². The van der Waals surface area contributed by atoms with Gasteiger partial charge in [-0.05, 0) is 74.9 Å². The third-order valence-corrected chi connectivity index (χ3v) is 6.03. The SMILES string of the molecule is CCN1c2cc(C)c(C=C3C(=O)N(C)C(=O)N(C)C3=O)cc2[C@@H](C)CC1(C)C. The van der Waals surface area contributed by atoms with Crippen molar-refractivity contribution in [1.29, 1.82) is 0 Å². The van der Waals surface area contributed by atoms with Crippen LogP contribution in [0.25, 0.3) is 6.08 Å². The van der Waals surface area contributed by atoms with E-state index in [1.807, 2.05) is 6.92 Å². The van der Waals surface area contributed by atoms with Crippen molar-refractivity contribution >= 4 is 29.6 Å². The van der Waals surface area contributed by atoms with E-state index < -0.39 is 17.8 Å². The fourth-order valence-electron chi connectivity index (χ4n) is 4.54. The van der Waals surface area contributed by atoms with Crippen molar-refractivity contribution in [3.05, 3.63) is 34.4 Å². The van der Waals surface area contributed by atoms with Gasteiger partial charge in [0, 0.05) is 31.9 Å². The summed E-state index contributed by atoms with van der Waals surface area (Å²) >= 11 is 0. The van der Waals surface area contributed by atoms with Crippen LogP contribution in [0.1, 0.15) is 56.7 Å². The third-order valence-electron chi connectivity index (χ3n) is 6.03. The molecule has 2 heterocycles. The van der Waals surface area contributed by atoms with E-state index in [1.54, 1.807) is 6.08 Å². The highest BCUT2D eigenvalue weighted by Gasteiger charge is 2.39. The number of likely N-dealkylation sites (N-methyl/N-ethyl adjacent to an activating group) is 2. The summed E-state index contributed by atoms with van der Waals surface area (Å²) in [6.45, 7) is 11.8. The maximum atomic E-state index is 12.5.